The molecule has 0 atom stereocenters. The molecule has 1 aliphatic heterocycles. The van der Waals surface area contributed by atoms with Crippen LogP contribution in [0.1, 0.15) is 27.9 Å². The van der Waals surface area contributed by atoms with Crippen LogP contribution in [0.4, 0.5) is 0 Å². The Morgan fingerprint density at radius 1 is 0.771 bits per heavy atom. The van der Waals surface area contributed by atoms with Crippen molar-refractivity contribution in [3.05, 3.63) is 113 Å². The Morgan fingerprint density at radius 2 is 1.54 bits per heavy atom. The number of piperazine rings is 1. The van der Waals surface area contributed by atoms with Gasteiger partial charge >= 0.3 is 0 Å². The zero-order valence-corrected chi connectivity index (χ0v) is 20.3. The van der Waals surface area contributed by atoms with Crippen molar-refractivity contribution < 1.29 is 0 Å². The zero-order valence-electron chi connectivity index (χ0n) is 20.3. The monoisotopic (exact) mass is 461 g/mol. The lowest BCUT2D eigenvalue weighted by Crippen LogP contribution is -2.43. The van der Waals surface area contributed by atoms with Crippen molar-refractivity contribution in [3.63, 3.8) is 0 Å². The van der Waals surface area contributed by atoms with Crippen LogP contribution in [0.2, 0.25) is 0 Å². The number of allylic oxidation sites excluding steroid dienone is 1. The minimum absolute atomic E-state index is 0.778. The van der Waals surface area contributed by atoms with Gasteiger partial charge in [0.25, 0.3) is 0 Å². The van der Waals surface area contributed by atoms with Crippen LogP contribution in [0.25, 0.3) is 16.7 Å². The van der Waals surface area contributed by atoms with Gasteiger partial charge in [-0.25, -0.2) is 0 Å². The van der Waals surface area contributed by atoms with E-state index in [0.29, 0.717) is 0 Å². The molecule has 1 saturated heterocycles. The summed E-state index contributed by atoms with van der Waals surface area (Å²) in [6.07, 6.45) is 9.30. The van der Waals surface area contributed by atoms with Crippen LogP contribution >= 0.6 is 0 Å². The van der Waals surface area contributed by atoms with E-state index in [1.807, 2.05) is 23.1 Å². The molecular formula is C30H31N5. The van der Waals surface area contributed by atoms with E-state index in [1.165, 1.54) is 33.4 Å². The summed E-state index contributed by atoms with van der Waals surface area (Å²) >= 11 is 0. The molecule has 6 rings (SSSR count). The maximum atomic E-state index is 4.82. The van der Waals surface area contributed by atoms with Gasteiger partial charge in [0.1, 0.15) is 0 Å². The first-order valence-corrected chi connectivity index (χ1v) is 12.5. The molecule has 35 heavy (non-hydrogen) atoms. The molecule has 0 radical (unpaired) electrons. The topological polar surface area (TPSA) is 37.2 Å². The van der Waals surface area contributed by atoms with Crippen LogP contribution in [0, 0.1) is 0 Å². The third-order valence-electron chi connectivity index (χ3n) is 7.18. The van der Waals surface area contributed by atoms with Crippen LogP contribution in [-0.2, 0) is 19.5 Å². The Labute approximate surface area is 207 Å². The number of pyridine rings is 1. The lowest BCUT2D eigenvalue weighted by atomic mass is 9.99. The Bertz CT molecular complexity index is 1330. The molecule has 1 aliphatic carbocycles. The lowest BCUT2D eigenvalue weighted by Gasteiger charge is -2.32. The molecule has 2 aliphatic rings. The number of aromatic nitrogens is 3. The summed E-state index contributed by atoms with van der Waals surface area (Å²) in [7, 11) is 2.20. The molecule has 5 heteroatoms. The maximum absolute atomic E-state index is 4.82. The molecule has 0 spiro atoms. The highest BCUT2D eigenvalue weighted by atomic mass is 15.3. The first-order chi connectivity index (χ1) is 17.2. The van der Waals surface area contributed by atoms with E-state index < -0.39 is 0 Å². The van der Waals surface area contributed by atoms with E-state index >= 15 is 0 Å². The number of benzene rings is 2. The highest BCUT2D eigenvalue weighted by molar-refractivity contribution is 5.85. The van der Waals surface area contributed by atoms with Crippen LogP contribution < -0.4 is 0 Å². The van der Waals surface area contributed by atoms with Crippen molar-refractivity contribution in [2.45, 2.75) is 19.5 Å². The number of hydrogen-bond donors (Lipinski definition) is 0. The molecule has 2 aromatic heterocycles. The fourth-order valence-electron chi connectivity index (χ4n) is 5.06. The van der Waals surface area contributed by atoms with Gasteiger partial charge in [-0.05, 0) is 35.4 Å². The van der Waals surface area contributed by atoms with Gasteiger partial charge in [-0.3, -0.25) is 14.6 Å². The molecule has 4 aromatic rings. The first-order valence-electron chi connectivity index (χ1n) is 12.5. The molecule has 0 amide bonds. The number of hydrogen-bond acceptors (Lipinski definition) is 4. The van der Waals surface area contributed by atoms with Crippen molar-refractivity contribution >= 4 is 5.57 Å². The largest absolute Gasteiger partial charge is 0.304 e. The van der Waals surface area contributed by atoms with Crippen molar-refractivity contribution in [3.8, 4) is 11.1 Å². The molecule has 0 bridgehead atoms. The van der Waals surface area contributed by atoms with Crippen LogP contribution in [0.3, 0.4) is 0 Å². The van der Waals surface area contributed by atoms with Gasteiger partial charge in [0.2, 0.25) is 0 Å². The molecule has 0 unspecified atom stereocenters. The molecule has 1 fully saturated rings. The van der Waals surface area contributed by atoms with E-state index in [0.717, 1.165) is 56.9 Å². The van der Waals surface area contributed by atoms with Crippen molar-refractivity contribution in [2.75, 3.05) is 33.2 Å². The minimum Gasteiger partial charge on any atom is -0.304 e. The van der Waals surface area contributed by atoms with Gasteiger partial charge in [0.15, 0.2) is 0 Å². The molecule has 0 N–H and O–H groups in total. The van der Waals surface area contributed by atoms with Gasteiger partial charge in [-0.1, -0.05) is 60.7 Å². The van der Waals surface area contributed by atoms with Crippen LogP contribution in [0.15, 0.2) is 85.3 Å². The predicted octanol–water partition coefficient (Wildman–Crippen LogP) is 4.73. The zero-order chi connectivity index (χ0) is 23.6. The maximum Gasteiger partial charge on any atom is 0.0659 e. The van der Waals surface area contributed by atoms with E-state index in [2.05, 4.69) is 88.8 Å². The summed E-state index contributed by atoms with van der Waals surface area (Å²) in [5, 5.41) is 4.62. The Balaban J connectivity index is 1.18. The van der Waals surface area contributed by atoms with E-state index in [9.17, 15) is 0 Å². The minimum atomic E-state index is 0.778. The van der Waals surface area contributed by atoms with Gasteiger partial charge < -0.3 is 4.90 Å². The molecule has 176 valence electrons. The predicted molar refractivity (Wildman–Crippen MR) is 141 cm³/mol. The Kier molecular flexibility index (Phi) is 6.03. The van der Waals surface area contributed by atoms with Gasteiger partial charge in [0, 0.05) is 68.2 Å². The number of rotatable bonds is 6. The van der Waals surface area contributed by atoms with Crippen molar-refractivity contribution in [1.82, 2.24) is 24.6 Å². The van der Waals surface area contributed by atoms with E-state index in [1.54, 1.807) is 0 Å². The second kappa shape index (κ2) is 9.61. The summed E-state index contributed by atoms with van der Waals surface area (Å²) in [5.41, 5.74) is 9.77. The number of fused-ring (bicyclic) bond motifs is 1. The number of likely N-dealkylation sites (N-methyl/N-ethyl adjacent to an activating group) is 1. The highest BCUT2D eigenvalue weighted by Gasteiger charge is 2.19. The third-order valence-corrected chi connectivity index (χ3v) is 7.18. The van der Waals surface area contributed by atoms with Crippen LogP contribution in [-0.4, -0.2) is 57.8 Å². The standard InChI is InChI=1S/C30H31N5/c1-33-13-15-34(16-14-33)20-24-7-9-25(10-8-24)26-17-29-28(11-12-30(29)31-18-26)27-19-32-35(22-27)21-23-5-3-2-4-6-23/h2-11,17-19,22H,12-16,20-21H2,1H3. The molecule has 0 saturated carbocycles. The molecule has 2 aromatic carbocycles. The van der Waals surface area contributed by atoms with Crippen LogP contribution in [0.5, 0.6) is 0 Å². The summed E-state index contributed by atoms with van der Waals surface area (Å²) in [5.74, 6) is 0. The van der Waals surface area contributed by atoms with Gasteiger partial charge in [0.05, 0.1) is 18.4 Å². The van der Waals surface area contributed by atoms with Gasteiger partial charge in [-0.2, -0.15) is 5.10 Å². The Morgan fingerprint density at radius 3 is 2.34 bits per heavy atom. The average molecular weight is 462 g/mol. The lowest BCUT2D eigenvalue weighted by molar-refractivity contribution is 0.148. The third kappa shape index (κ3) is 4.83. The molecular weight excluding hydrogens is 430 g/mol. The molecule has 3 heterocycles. The summed E-state index contributed by atoms with van der Waals surface area (Å²) < 4.78 is 2.01. The number of nitrogens with zero attached hydrogens (tertiary/aromatic N) is 5. The summed E-state index contributed by atoms with van der Waals surface area (Å²) in [6, 6.07) is 21.8. The highest BCUT2D eigenvalue weighted by Crippen LogP contribution is 2.34. The SMILES string of the molecule is CN1CCN(Cc2ccc(-c3cnc4c(c3)C(c3cnn(Cc5ccccc5)c3)=CC4)cc2)CC1. The summed E-state index contributed by atoms with van der Waals surface area (Å²) in [6.45, 7) is 6.39. The fourth-order valence-corrected chi connectivity index (χ4v) is 5.06. The Hall–Kier alpha value is -3.54. The summed E-state index contributed by atoms with van der Waals surface area (Å²) in [4.78, 5) is 9.76. The quantitative estimate of drug-likeness (QED) is 0.416. The molecule has 5 nitrogen and oxygen atoms in total. The van der Waals surface area contributed by atoms with Crippen molar-refractivity contribution in [2.24, 2.45) is 0 Å². The fraction of sp³-hybridized carbons (Fsp3) is 0.267. The average Bonchev–Trinajstić information content (AvgIpc) is 3.53. The second-order valence-corrected chi connectivity index (χ2v) is 9.73. The van der Waals surface area contributed by atoms with E-state index in [4.69, 9.17) is 4.98 Å². The van der Waals surface area contributed by atoms with E-state index in [-0.39, 0.29) is 0 Å². The smallest absolute Gasteiger partial charge is 0.0659 e. The first kappa shape index (κ1) is 22.0. The van der Waals surface area contributed by atoms with Crippen molar-refractivity contribution in [1.29, 1.82) is 0 Å². The van der Waals surface area contributed by atoms with Gasteiger partial charge in [-0.15, -0.1) is 0 Å². The normalized spacial score (nSPS) is 16.3. The second-order valence-electron chi connectivity index (χ2n) is 9.73.